The van der Waals surface area contributed by atoms with Gasteiger partial charge in [0.1, 0.15) is 0 Å². The molecule has 0 fully saturated rings. The lowest BCUT2D eigenvalue weighted by Crippen LogP contribution is -2.28. The fraction of sp³-hybridized carbons (Fsp3) is 0.263. The molecule has 2 rings (SSSR count). The Hall–Kier alpha value is -2.87. The maximum Gasteiger partial charge on any atom is 0.416 e. The molecule has 27 heavy (non-hydrogen) atoms. The second kappa shape index (κ2) is 8.22. The highest BCUT2D eigenvalue weighted by atomic mass is 19.4. The van der Waals surface area contributed by atoms with Gasteiger partial charge < -0.3 is 5.32 Å². The van der Waals surface area contributed by atoms with Gasteiger partial charge in [0.25, 0.3) is 5.91 Å². The molecule has 2 aromatic carbocycles. The third-order valence-electron chi connectivity index (χ3n) is 3.96. The Labute approximate surface area is 154 Å². The van der Waals surface area contributed by atoms with Gasteiger partial charge in [-0.1, -0.05) is 23.8 Å². The van der Waals surface area contributed by atoms with Gasteiger partial charge in [-0.3, -0.25) is 14.8 Å². The number of halogens is 3. The molecule has 1 unspecified atom stereocenters. The van der Waals surface area contributed by atoms with Crippen molar-refractivity contribution in [1.29, 1.82) is 0 Å². The second-order valence-corrected chi connectivity index (χ2v) is 6.24. The Bertz CT molecular complexity index is 850. The molecular formula is C19H19F3N2O3. The van der Waals surface area contributed by atoms with Crippen molar-refractivity contribution in [1.82, 2.24) is 10.8 Å². The van der Waals surface area contributed by atoms with Crippen LogP contribution < -0.4 is 10.8 Å². The van der Waals surface area contributed by atoms with Gasteiger partial charge in [-0.05, 0) is 49.2 Å². The van der Waals surface area contributed by atoms with Gasteiger partial charge in [0.2, 0.25) is 5.91 Å². The molecule has 0 heterocycles. The van der Waals surface area contributed by atoms with E-state index < -0.39 is 29.6 Å². The van der Waals surface area contributed by atoms with Crippen LogP contribution in [0.15, 0.2) is 42.5 Å². The lowest BCUT2D eigenvalue weighted by molar-refractivity contribution is -0.137. The Morgan fingerprint density at radius 1 is 1.15 bits per heavy atom. The molecule has 0 saturated carbocycles. The number of hydrogen-bond donors (Lipinski definition) is 3. The number of carbonyl (C=O) groups is 2. The first-order chi connectivity index (χ1) is 12.6. The number of amides is 2. The number of alkyl halides is 3. The summed E-state index contributed by atoms with van der Waals surface area (Å²) in [6.07, 6.45) is -4.68. The number of rotatable bonds is 5. The summed E-state index contributed by atoms with van der Waals surface area (Å²) in [4.78, 5) is 23.7. The molecule has 0 radical (unpaired) electrons. The highest BCUT2D eigenvalue weighted by molar-refractivity contribution is 5.93. The van der Waals surface area contributed by atoms with Crippen molar-refractivity contribution >= 4 is 11.8 Å². The van der Waals surface area contributed by atoms with Crippen LogP contribution in [0.5, 0.6) is 0 Å². The van der Waals surface area contributed by atoms with Gasteiger partial charge in [0.15, 0.2) is 0 Å². The molecule has 0 bridgehead atoms. The van der Waals surface area contributed by atoms with Crippen molar-refractivity contribution in [2.24, 2.45) is 0 Å². The predicted octanol–water partition coefficient (Wildman–Crippen LogP) is 3.55. The normalized spacial score (nSPS) is 12.4. The number of hydroxylamine groups is 1. The SMILES string of the molecule is Cc1cc(CC(=O)NC(C)c2cccc(C(=O)NO)c2)cc(C(F)(F)F)c1. The number of benzene rings is 2. The zero-order valence-corrected chi connectivity index (χ0v) is 14.7. The van der Waals surface area contributed by atoms with Crippen LogP contribution in [0.4, 0.5) is 13.2 Å². The Kier molecular flexibility index (Phi) is 6.22. The minimum atomic E-state index is -4.47. The van der Waals surface area contributed by atoms with Gasteiger partial charge in [0, 0.05) is 5.56 Å². The highest BCUT2D eigenvalue weighted by Crippen LogP contribution is 2.30. The summed E-state index contributed by atoms with van der Waals surface area (Å²) in [6, 6.07) is 9.33. The highest BCUT2D eigenvalue weighted by Gasteiger charge is 2.31. The van der Waals surface area contributed by atoms with E-state index in [1.165, 1.54) is 30.6 Å². The zero-order valence-electron chi connectivity index (χ0n) is 14.7. The first-order valence-electron chi connectivity index (χ1n) is 8.11. The third kappa shape index (κ3) is 5.55. The summed E-state index contributed by atoms with van der Waals surface area (Å²) in [5, 5.41) is 11.4. The first-order valence-corrected chi connectivity index (χ1v) is 8.11. The summed E-state index contributed by atoms with van der Waals surface area (Å²) >= 11 is 0. The number of carbonyl (C=O) groups excluding carboxylic acids is 2. The minimum Gasteiger partial charge on any atom is -0.349 e. The van der Waals surface area contributed by atoms with Crippen LogP contribution in [0.2, 0.25) is 0 Å². The Morgan fingerprint density at radius 2 is 1.85 bits per heavy atom. The van der Waals surface area contributed by atoms with E-state index in [0.29, 0.717) is 11.1 Å². The molecule has 3 N–H and O–H groups in total. The van der Waals surface area contributed by atoms with E-state index in [-0.39, 0.29) is 17.5 Å². The molecule has 8 heteroatoms. The zero-order chi connectivity index (χ0) is 20.2. The molecule has 0 spiro atoms. The molecule has 2 amide bonds. The van der Waals surface area contributed by atoms with Crippen LogP contribution in [0.3, 0.4) is 0 Å². The minimum absolute atomic E-state index is 0.202. The standard InChI is InChI=1S/C19H19F3N2O3/c1-11-6-13(8-16(7-11)19(20,21)22)9-17(25)23-12(2)14-4-3-5-15(10-14)18(26)24-27/h3-8,10,12,27H,9H2,1-2H3,(H,23,25)(H,24,26). The van der Waals surface area contributed by atoms with Crippen molar-refractivity contribution in [2.75, 3.05) is 0 Å². The first kappa shape index (κ1) is 20.4. The summed E-state index contributed by atoms with van der Waals surface area (Å²) in [5.74, 6) is -1.13. The molecule has 144 valence electrons. The summed E-state index contributed by atoms with van der Waals surface area (Å²) in [6.45, 7) is 3.22. The van der Waals surface area contributed by atoms with E-state index in [9.17, 15) is 22.8 Å². The smallest absolute Gasteiger partial charge is 0.349 e. The number of nitrogens with one attached hydrogen (secondary N) is 2. The van der Waals surface area contributed by atoms with Gasteiger partial charge in [-0.15, -0.1) is 0 Å². The topological polar surface area (TPSA) is 78.4 Å². The third-order valence-corrected chi connectivity index (χ3v) is 3.96. The van der Waals surface area contributed by atoms with E-state index >= 15 is 0 Å². The molecule has 0 aliphatic carbocycles. The molecular weight excluding hydrogens is 361 g/mol. The van der Waals surface area contributed by atoms with Crippen molar-refractivity contribution < 1.29 is 28.0 Å². The van der Waals surface area contributed by atoms with Crippen molar-refractivity contribution in [2.45, 2.75) is 32.5 Å². The van der Waals surface area contributed by atoms with Crippen LogP contribution in [0, 0.1) is 6.92 Å². The van der Waals surface area contributed by atoms with Crippen molar-refractivity contribution in [3.63, 3.8) is 0 Å². The largest absolute Gasteiger partial charge is 0.416 e. The molecule has 5 nitrogen and oxygen atoms in total. The molecule has 0 saturated heterocycles. The van der Waals surface area contributed by atoms with Crippen molar-refractivity contribution in [3.05, 3.63) is 70.3 Å². The van der Waals surface area contributed by atoms with E-state index in [2.05, 4.69) is 5.32 Å². The molecule has 0 aliphatic heterocycles. The molecule has 1 atom stereocenters. The van der Waals surface area contributed by atoms with E-state index in [4.69, 9.17) is 5.21 Å². The summed E-state index contributed by atoms with van der Waals surface area (Å²) in [7, 11) is 0. The van der Waals surface area contributed by atoms with Gasteiger partial charge in [0.05, 0.1) is 18.0 Å². The summed E-state index contributed by atoms with van der Waals surface area (Å²) < 4.78 is 38.7. The fourth-order valence-electron chi connectivity index (χ4n) is 2.70. The van der Waals surface area contributed by atoms with E-state index in [1.807, 2.05) is 0 Å². The van der Waals surface area contributed by atoms with E-state index in [0.717, 1.165) is 12.1 Å². The van der Waals surface area contributed by atoms with Gasteiger partial charge in [-0.25, -0.2) is 5.48 Å². The monoisotopic (exact) mass is 380 g/mol. The van der Waals surface area contributed by atoms with Crippen LogP contribution in [-0.4, -0.2) is 17.0 Å². The second-order valence-electron chi connectivity index (χ2n) is 6.24. The lowest BCUT2D eigenvalue weighted by Gasteiger charge is -2.16. The van der Waals surface area contributed by atoms with E-state index in [1.54, 1.807) is 19.1 Å². The average molecular weight is 380 g/mol. The fourth-order valence-corrected chi connectivity index (χ4v) is 2.70. The molecule has 2 aromatic rings. The Balaban J connectivity index is 2.10. The molecule has 0 aliphatic rings. The maximum atomic E-state index is 12.9. The Morgan fingerprint density at radius 3 is 2.48 bits per heavy atom. The molecule has 0 aromatic heterocycles. The number of aryl methyl sites for hydroxylation is 1. The van der Waals surface area contributed by atoms with Crippen LogP contribution in [0.25, 0.3) is 0 Å². The summed E-state index contributed by atoms with van der Waals surface area (Å²) in [5.41, 5.74) is 2.25. The van der Waals surface area contributed by atoms with Crippen molar-refractivity contribution in [3.8, 4) is 0 Å². The van der Waals surface area contributed by atoms with Crippen LogP contribution >= 0.6 is 0 Å². The lowest BCUT2D eigenvalue weighted by atomic mass is 10.0. The quantitative estimate of drug-likeness (QED) is 0.548. The average Bonchev–Trinajstić information content (AvgIpc) is 2.59. The maximum absolute atomic E-state index is 12.9. The van der Waals surface area contributed by atoms with Crippen LogP contribution in [0.1, 0.15) is 45.6 Å². The van der Waals surface area contributed by atoms with Gasteiger partial charge >= 0.3 is 6.18 Å². The van der Waals surface area contributed by atoms with Gasteiger partial charge in [-0.2, -0.15) is 13.2 Å². The predicted molar refractivity (Wildman–Crippen MR) is 92.1 cm³/mol. The van der Waals surface area contributed by atoms with Crippen LogP contribution in [-0.2, 0) is 17.4 Å². The number of hydrogen-bond acceptors (Lipinski definition) is 3.